The zero-order valence-electron chi connectivity index (χ0n) is 7.99. The van der Waals surface area contributed by atoms with E-state index in [4.69, 9.17) is 5.84 Å². The van der Waals surface area contributed by atoms with Gasteiger partial charge in [-0.25, -0.2) is 0 Å². The minimum Gasteiger partial charge on any atom is -0.271 e. The van der Waals surface area contributed by atoms with Crippen molar-refractivity contribution in [1.29, 1.82) is 0 Å². The van der Waals surface area contributed by atoms with E-state index in [1.165, 1.54) is 12.8 Å². The van der Waals surface area contributed by atoms with Gasteiger partial charge in [0.05, 0.1) is 12.2 Å². The highest BCUT2D eigenvalue weighted by atomic mass is 15.5. The molecule has 1 aliphatic rings. The van der Waals surface area contributed by atoms with Crippen LogP contribution in [0.25, 0.3) is 0 Å². The zero-order valence-corrected chi connectivity index (χ0v) is 7.99. The van der Waals surface area contributed by atoms with Crippen LogP contribution in [0.2, 0.25) is 0 Å². The van der Waals surface area contributed by atoms with Gasteiger partial charge >= 0.3 is 0 Å². The molecule has 0 radical (unpaired) electrons. The van der Waals surface area contributed by atoms with Crippen molar-refractivity contribution in [2.45, 2.75) is 25.8 Å². The molecule has 2 rings (SSSR count). The Kier molecular flexibility index (Phi) is 1.85. The second kappa shape index (κ2) is 2.78. The fourth-order valence-corrected chi connectivity index (χ4v) is 1.62. The lowest BCUT2D eigenvalue weighted by Crippen LogP contribution is -2.33. The lowest BCUT2D eigenvalue weighted by molar-refractivity contribution is 0.362. The Morgan fingerprint density at radius 2 is 2.38 bits per heavy atom. The Morgan fingerprint density at radius 3 is 2.77 bits per heavy atom. The zero-order chi connectivity index (χ0) is 9.47. The molecule has 3 N–H and O–H groups in total. The van der Waals surface area contributed by atoms with E-state index in [9.17, 15) is 0 Å². The van der Waals surface area contributed by atoms with E-state index < -0.39 is 0 Å². The van der Waals surface area contributed by atoms with Gasteiger partial charge in [0.1, 0.15) is 5.69 Å². The quantitative estimate of drug-likeness (QED) is 0.513. The summed E-state index contributed by atoms with van der Waals surface area (Å²) < 4.78 is 0. The number of nitrogens with two attached hydrogens (primary N) is 1. The second-order valence-electron chi connectivity index (χ2n) is 4.01. The number of nitrogens with zero attached hydrogens (tertiary/aromatic N) is 3. The van der Waals surface area contributed by atoms with E-state index in [1.807, 2.05) is 7.05 Å². The van der Waals surface area contributed by atoms with Gasteiger partial charge in [0, 0.05) is 7.05 Å². The van der Waals surface area contributed by atoms with Crippen molar-refractivity contribution in [2.75, 3.05) is 0 Å². The van der Waals surface area contributed by atoms with Crippen LogP contribution in [0, 0.1) is 5.41 Å². The molecule has 5 nitrogen and oxygen atoms in total. The second-order valence-corrected chi connectivity index (χ2v) is 4.01. The summed E-state index contributed by atoms with van der Waals surface area (Å²) in [6.45, 7) is 2.21. The highest BCUT2D eigenvalue weighted by Crippen LogP contribution is 2.53. The Morgan fingerprint density at radius 1 is 1.69 bits per heavy atom. The molecular weight excluding hydrogens is 166 g/mol. The van der Waals surface area contributed by atoms with E-state index in [-0.39, 0.29) is 11.5 Å². The first kappa shape index (κ1) is 8.65. The molecule has 5 heteroatoms. The van der Waals surface area contributed by atoms with Crippen molar-refractivity contribution in [1.82, 2.24) is 20.4 Å². The number of aryl methyl sites for hydroxylation is 1. The van der Waals surface area contributed by atoms with Gasteiger partial charge in [-0.05, 0) is 18.3 Å². The minimum absolute atomic E-state index is 0.140. The molecule has 1 aromatic rings. The average Bonchev–Trinajstić information content (AvgIpc) is 2.67. The van der Waals surface area contributed by atoms with E-state index in [1.54, 1.807) is 11.0 Å². The smallest absolute Gasteiger partial charge is 0.101 e. The number of hydrogen-bond donors (Lipinski definition) is 2. The average molecular weight is 181 g/mol. The summed E-state index contributed by atoms with van der Waals surface area (Å²) in [6.07, 6.45) is 4.19. The van der Waals surface area contributed by atoms with Crippen LogP contribution in [0.1, 0.15) is 31.5 Å². The summed E-state index contributed by atoms with van der Waals surface area (Å²) in [4.78, 5) is 1.56. The molecule has 1 aliphatic carbocycles. The topological polar surface area (TPSA) is 68.8 Å². The summed E-state index contributed by atoms with van der Waals surface area (Å²) in [5.41, 5.74) is 4.04. The Bertz CT molecular complexity index is 301. The van der Waals surface area contributed by atoms with Crippen LogP contribution in [0.5, 0.6) is 0 Å². The first-order chi connectivity index (χ1) is 6.15. The molecular formula is C8H15N5. The molecule has 72 valence electrons. The molecule has 13 heavy (non-hydrogen) atoms. The molecule has 1 heterocycles. The van der Waals surface area contributed by atoms with Crippen LogP contribution in [0.4, 0.5) is 0 Å². The summed E-state index contributed by atoms with van der Waals surface area (Å²) in [6, 6.07) is 0.140. The van der Waals surface area contributed by atoms with E-state index in [0.29, 0.717) is 0 Å². The fourth-order valence-electron chi connectivity index (χ4n) is 1.62. The summed E-state index contributed by atoms with van der Waals surface area (Å²) in [5, 5.41) is 8.29. The monoisotopic (exact) mass is 181 g/mol. The lowest BCUT2D eigenvalue weighted by Gasteiger charge is -2.19. The van der Waals surface area contributed by atoms with Crippen LogP contribution >= 0.6 is 0 Å². The van der Waals surface area contributed by atoms with Gasteiger partial charge in [0.15, 0.2) is 0 Å². The van der Waals surface area contributed by atoms with Gasteiger partial charge in [0.2, 0.25) is 0 Å². The van der Waals surface area contributed by atoms with E-state index >= 15 is 0 Å². The van der Waals surface area contributed by atoms with E-state index in [2.05, 4.69) is 22.5 Å². The van der Waals surface area contributed by atoms with Gasteiger partial charge in [0.25, 0.3) is 0 Å². The molecule has 1 saturated carbocycles. The molecule has 1 atom stereocenters. The van der Waals surface area contributed by atoms with Gasteiger partial charge in [-0.3, -0.25) is 11.3 Å². The third-order valence-corrected chi connectivity index (χ3v) is 2.82. The first-order valence-electron chi connectivity index (χ1n) is 4.48. The highest BCUT2D eigenvalue weighted by molar-refractivity contribution is 5.11. The largest absolute Gasteiger partial charge is 0.271 e. The normalized spacial score (nSPS) is 21.5. The summed E-state index contributed by atoms with van der Waals surface area (Å²) in [7, 11) is 1.81. The maximum absolute atomic E-state index is 5.51. The molecule has 0 bridgehead atoms. The summed E-state index contributed by atoms with van der Waals surface area (Å²) >= 11 is 0. The molecule has 0 amide bonds. The number of hydrazine groups is 1. The third-order valence-electron chi connectivity index (χ3n) is 2.82. The molecule has 0 aromatic carbocycles. The SMILES string of the molecule is Cn1ncc(C(NN)C2(C)CC2)n1. The van der Waals surface area contributed by atoms with Gasteiger partial charge in [-0.2, -0.15) is 15.0 Å². The number of hydrogen-bond acceptors (Lipinski definition) is 4. The Balaban J connectivity index is 2.22. The first-order valence-corrected chi connectivity index (χ1v) is 4.48. The van der Waals surface area contributed by atoms with Gasteiger partial charge < -0.3 is 0 Å². The summed E-state index contributed by atoms with van der Waals surface area (Å²) in [5.74, 6) is 5.51. The Labute approximate surface area is 77.3 Å². The van der Waals surface area contributed by atoms with Crippen molar-refractivity contribution in [3.63, 3.8) is 0 Å². The highest BCUT2D eigenvalue weighted by Gasteiger charge is 2.46. The van der Waals surface area contributed by atoms with E-state index in [0.717, 1.165) is 5.69 Å². The van der Waals surface area contributed by atoms with Crippen molar-refractivity contribution in [2.24, 2.45) is 18.3 Å². The maximum Gasteiger partial charge on any atom is 0.101 e. The predicted octanol–water partition coefficient (Wildman–Crippen LogP) is 0.120. The predicted molar refractivity (Wildman–Crippen MR) is 48.4 cm³/mol. The molecule has 1 fully saturated rings. The minimum atomic E-state index is 0.140. The fraction of sp³-hybridized carbons (Fsp3) is 0.750. The molecule has 0 saturated heterocycles. The van der Waals surface area contributed by atoms with Crippen molar-refractivity contribution < 1.29 is 0 Å². The van der Waals surface area contributed by atoms with Gasteiger partial charge in [-0.15, -0.1) is 0 Å². The number of nitrogens with one attached hydrogen (secondary N) is 1. The van der Waals surface area contributed by atoms with Crippen LogP contribution in [-0.4, -0.2) is 15.0 Å². The van der Waals surface area contributed by atoms with Crippen molar-refractivity contribution in [3.8, 4) is 0 Å². The molecule has 0 aliphatic heterocycles. The van der Waals surface area contributed by atoms with Gasteiger partial charge in [-0.1, -0.05) is 6.92 Å². The van der Waals surface area contributed by atoms with Crippen LogP contribution < -0.4 is 11.3 Å². The van der Waals surface area contributed by atoms with Crippen LogP contribution in [0.3, 0.4) is 0 Å². The standard InChI is InChI=1S/C8H15N5/c1-8(3-4-8)7(11-9)6-5-10-13(2)12-6/h5,7,11H,3-4,9H2,1-2H3. The Hall–Kier alpha value is -0.940. The third kappa shape index (κ3) is 1.45. The maximum atomic E-state index is 5.51. The van der Waals surface area contributed by atoms with Crippen molar-refractivity contribution >= 4 is 0 Å². The number of rotatable bonds is 3. The molecule has 1 aromatic heterocycles. The molecule has 1 unspecified atom stereocenters. The van der Waals surface area contributed by atoms with Crippen LogP contribution in [0.15, 0.2) is 6.20 Å². The van der Waals surface area contributed by atoms with Crippen LogP contribution in [-0.2, 0) is 7.05 Å². The number of aromatic nitrogens is 3. The lowest BCUT2D eigenvalue weighted by atomic mass is 9.97. The molecule has 0 spiro atoms. The van der Waals surface area contributed by atoms with Crippen molar-refractivity contribution in [3.05, 3.63) is 11.9 Å².